The third kappa shape index (κ3) is 4.01. The SMILES string of the molecule is COCCCN1C2=C(C(=O)CCC2)C(c2cc(OC)c(O)c([N+](=O)[O-])c2)C2=C1CCCC2=O. The van der Waals surface area contributed by atoms with Crippen molar-refractivity contribution >= 4 is 17.3 Å². The first-order valence-electron chi connectivity index (χ1n) is 11.2. The van der Waals surface area contributed by atoms with Crippen molar-refractivity contribution in [2.75, 3.05) is 27.4 Å². The second-order valence-corrected chi connectivity index (χ2v) is 8.55. The predicted octanol–water partition coefficient (Wildman–Crippen LogP) is 3.76. The average molecular weight is 456 g/mol. The highest BCUT2D eigenvalue weighted by Gasteiger charge is 2.44. The van der Waals surface area contributed by atoms with Gasteiger partial charge < -0.3 is 19.5 Å². The summed E-state index contributed by atoms with van der Waals surface area (Å²) in [6.45, 7) is 1.20. The minimum Gasteiger partial charge on any atom is -0.500 e. The van der Waals surface area contributed by atoms with Crippen LogP contribution >= 0.6 is 0 Å². The summed E-state index contributed by atoms with van der Waals surface area (Å²) in [5, 5.41) is 21.9. The van der Waals surface area contributed by atoms with Gasteiger partial charge in [-0.2, -0.15) is 0 Å². The van der Waals surface area contributed by atoms with Gasteiger partial charge in [0.1, 0.15) is 0 Å². The van der Waals surface area contributed by atoms with Crippen LogP contribution in [0.2, 0.25) is 0 Å². The lowest BCUT2D eigenvalue weighted by Gasteiger charge is -2.44. The topological polar surface area (TPSA) is 119 Å². The number of ether oxygens (including phenoxy) is 2. The number of nitro groups is 1. The van der Waals surface area contributed by atoms with Crippen LogP contribution < -0.4 is 4.74 Å². The Balaban J connectivity index is 1.95. The van der Waals surface area contributed by atoms with Gasteiger partial charge in [0.2, 0.25) is 5.75 Å². The van der Waals surface area contributed by atoms with Crippen LogP contribution in [-0.2, 0) is 14.3 Å². The van der Waals surface area contributed by atoms with Gasteiger partial charge in [-0.05, 0) is 43.7 Å². The number of nitrogens with zero attached hydrogens (tertiary/aromatic N) is 2. The van der Waals surface area contributed by atoms with Crippen LogP contribution in [0.5, 0.6) is 11.5 Å². The van der Waals surface area contributed by atoms with Crippen molar-refractivity contribution in [1.29, 1.82) is 0 Å². The van der Waals surface area contributed by atoms with E-state index >= 15 is 0 Å². The monoisotopic (exact) mass is 456 g/mol. The van der Waals surface area contributed by atoms with Gasteiger partial charge in [0.25, 0.3) is 0 Å². The van der Waals surface area contributed by atoms with Gasteiger partial charge >= 0.3 is 5.69 Å². The highest BCUT2D eigenvalue weighted by atomic mass is 16.6. The van der Waals surface area contributed by atoms with Crippen molar-refractivity contribution in [3.05, 3.63) is 50.4 Å². The van der Waals surface area contributed by atoms with Crippen molar-refractivity contribution in [2.24, 2.45) is 0 Å². The molecule has 1 N–H and O–H groups in total. The summed E-state index contributed by atoms with van der Waals surface area (Å²) < 4.78 is 10.4. The molecule has 1 aromatic carbocycles. The number of phenols is 1. The summed E-state index contributed by atoms with van der Waals surface area (Å²) >= 11 is 0. The van der Waals surface area contributed by atoms with E-state index in [0.29, 0.717) is 55.5 Å². The van der Waals surface area contributed by atoms with Gasteiger partial charge in [0, 0.05) is 67.6 Å². The number of allylic oxidation sites excluding steroid dienone is 4. The molecular formula is C24H28N2O7. The molecule has 9 nitrogen and oxygen atoms in total. The summed E-state index contributed by atoms with van der Waals surface area (Å²) in [5.74, 6) is -1.42. The van der Waals surface area contributed by atoms with Crippen molar-refractivity contribution in [2.45, 2.75) is 50.9 Å². The van der Waals surface area contributed by atoms with Gasteiger partial charge in [-0.3, -0.25) is 19.7 Å². The first-order chi connectivity index (χ1) is 15.9. The molecule has 0 saturated carbocycles. The Morgan fingerprint density at radius 3 is 2.18 bits per heavy atom. The molecule has 0 atom stereocenters. The Morgan fingerprint density at radius 2 is 1.67 bits per heavy atom. The summed E-state index contributed by atoms with van der Waals surface area (Å²) in [5.41, 5.74) is 2.77. The lowest BCUT2D eigenvalue weighted by atomic mass is 9.71. The van der Waals surface area contributed by atoms with E-state index < -0.39 is 22.3 Å². The van der Waals surface area contributed by atoms with Gasteiger partial charge in [-0.25, -0.2) is 0 Å². The molecule has 0 amide bonds. The lowest BCUT2D eigenvalue weighted by molar-refractivity contribution is -0.386. The summed E-state index contributed by atoms with van der Waals surface area (Å²) in [4.78, 5) is 39.6. The van der Waals surface area contributed by atoms with Gasteiger partial charge in [-0.15, -0.1) is 0 Å². The van der Waals surface area contributed by atoms with Crippen LogP contribution in [0.4, 0.5) is 5.69 Å². The maximum atomic E-state index is 13.3. The molecule has 176 valence electrons. The Bertz CT molecular complexity index is 1030. The normalized spacial score (nSPS) is 19.0. The van der Waals surface area contributed by atoms with E-state index in [-0.39, 0.29) is 17.3 Å². The number of hydrogen-bond acceptors (Lipinski definition) is 8. The zero-order chi connectivity index (χ0) is 23.7. The second kappa shape index (κ2) is 9.35. The molecule has 1 aromatic rings. The number of rotatable bonds is 7. The third-order valence-electron chi connectivity index (χ3n) is 6.64. The minimum absolute atomic E-state index is 0.0439. The van der Waals surface area contributed by atoms with Crippen LogP contribution in [0, 0.1) is 10.1 Å². The molecule has 33 heavy (non-hydrogen) atoms. The first kappa shape index (κ1) is 23.0. The fourth-order valence-corrected chi connectivity index (χ4v) is 5.26. The fourth-order valence-electron chi connectivity index (χ4n) is 5.26. The van der Waals surface area contributed by atoms with E-state index in [1.807, 2.05) is 0 Å². The number of methoxy groups -OCH3 is 2. The number of aromatic hydroxyl groups is 1. The summed E-state index contributed by atoms with van der Waals surface area (Å²) in [6, 6.07) is 2.77. The van der Waals surface area contributed by atoms with Crippen molar-refractivity contribution in [3.63, 3.8) is 0 Å². The van der Waals surface area contributed by atoms with Gasteiger partial charge in [0.05, 0.1) is 12.0 Å². The first-order valence-corrected chi connectivity index (χ1v) is 11.2. The molecule has 0 fully saturated rings. The molecule has 2 aliphatic carbocycles. The molecule has 0 unspecified atom stereocenters. The molecule has 4 rings (SSSR count). The van der Waals surface area contributed by atoms with E-state index in [2.05, 4.69) is 4.90 Å². The van der Waals surface area contributed by atoms with E-state index in [9.17, 15) is 24.8 Å². The van der Waals surface area contributed by atoms with E-state index in [1.54, 1.807) is 7.11 Å². The fraction of sp³-hybridized carbons (Fsp3) is 0.500. The van der Waals surface area contributed by atoms with Crippen LogP contribution in [-0.4, -0.2) is 53.9 Å². The molecule has 1 heterocycles. The Hall–Kier alpha value is -3.20. The van der Waals surface area contributed by atoms with Crippen LogP contribution in [0.3, 0.4) is 0 Å². The smallest absolute Gasteiger partial charge is 0.314 e. The van der Waals surface area contributed by atoms with E-state index in [4.69, 9.17) is 9.47 Å². The molecule has 0 bridgehead atoms. The van der Waals surface area contributed by atoms with Gasteiger partial charge in [-0.1, -0.05) is 0 Å². The summed E-state index contributed by atoms with van der Waals surface area (Å²) in [6.07, 6.45) is 4.33. The number of carbonyl (C=O) groups is 2. The number of benzene rings is 1. The van der Waals surface area contributed by atoms with E-state index in [0.717, 1.165) is 30.7 Å². The van der Waals surface area contributed by atoms with Crippen LogP contribution in [0.25, 0.3) is 0 Å². The standard InChI is InChI=1S/C24H28N2O7/c1-32-11-5-10-25-15-6-3-8-18(27)22(15)21(23-16(25)7-4-9-19(23)28)14-12-17(26(30)31)24(29)20(13-14)33-2/h12-13,21,29H,3-11H2,1-2H3. The van der Waals surface area contributed by atoms with Crippen LogP contribution in [0.15, 0.2) is 34.7 Å². The third-order valence-corrected chi connectivity index (χ3v) is 6.64. The predicted molar refractivity (Wildman–Crippen MR) is 119 cm³/mol. The largest absolute Gasteiger partial charge is 0.500 e. The zero-order valence-corrected chi connectivity index (χ0v) is 18.9. The maximum absolute atomic E-state index is 13.3. The van der Waals surface area contributed by atoms with Crippen molar-refractivity contribution in [1.82, 2.24) is 4.90 Å². The van der Waals surface area contributed by atoms with Crippen LogP contribution in [0.1, 0.15) is 56.4 Å². The highest BCUT2D eigenvalue weighted by Crippen LogP contribution is 2.51. The molecule has 0 saturated heterocycles. The molecule has 0 aromatic heterocycles. The summed E-state index contributed by atoms with van der Waals surface area (Å²) in [7, 11) is 2.95. The van der Waals surface area contributed by atoms with Crippen molar-refractivity contribution in [3.8, 4) is 11.5 Å². The maximum Gasteiger partial charge on any atom is 0.314 e. The highest BCUT2D eigenvalue weighted by molar-refractivity contribution is 6.06. The number of Topliss-reactive ketones (excluding diaryl/α,β-unsaturated/α-hetero) is 2. The van der Waals surface area contributed by atoms with E-state index in [1.165, 1.54) is 19.2 Å². The minimum atomic E-state index is -0.706. The number of phenolic OH excluding ortho intramolecular Hbond substituents is 1. The Morgan fingerprint density at radius 1 is 1.06 bits per heavy atom. The molecule has 0 spiro atoms. The molecule has 9 heteroatoms. The molecule has 1 aliphatic heterocycles. The lowest BCUT2D eigenvalue weighted by Crippen LogP contribution is -2.39. The number of carbonyl (C=O) groups excluding carboxylic acids is 2. The quantitative estimate of drug-likeness (QED) is 0.374. The molecule has 0 radical (unpaired) electrons. The Kier molecular flexibility index (Phi) is 6.51. The van der Waals surface area contributed by atoms with Gasteiger partial charge in [0.15, 0.2) is 17.3 Å². The second-order valence-electron chi connectivity index (χ2n) is 8.55. The molecule has 3 aliphatic rings. The number of hydrogen-bond donors (Lipinski definition) is 1. The molecular weight excluding hydrogens is 428 g/mol. The van der Waals surface area contributed by atoms with Crippen molar-refractivity contribution < 1.29 is 29.1 Å². The number of nitro benzene ring substituents is 1. The average Bonchev–Trinajstić information content (AvgIpc) is 2.79. The zero-order valence-electron chi connectivity index (χ0n) is 18.9. The Labute approximate surface area is 191 Å². The number of ketones is 2.